The van der Waals surface area contributed by atoms with E-state index >= 15 is 0 Å². The van der Waals surface area contributed by atoms with E-state index in [9.17, 15) is 0 Å². The van der Waals surface area contributed by atoms with Gasteiger partial charge in [-0.2, -0.15) is 4.68 Å². The van der Waals surface area contributed by atoms with Gasteiger partial charge in [0, 0.05) is 6.04 Å². The Morgan fingerprint density at radius 2 is 2.16 bits per heavy atom. The molecule has 0 spiro atoms. The van der Waals surface area contributed by atoms with Crippen LogP contribution in [0.4, 0.5) is 0 Å². The fraction of sp³-hybridized carbons (Fsp3) is 0.500. The molecule has 1 fully saturated rings. The molecule has 0 aliphatic heterocycles. The maximum absolute atomic E-state index is 4.14. The molecule has 0 atom stereocenters. The average Bonchev–Trinajstić information content (AvgIpc) is 3.15. The summed E-state index contributed by atoms with van der Waals surface area (Å²) in [4.78, 5) is 0. The van der Waals surface area contributed by atoms with Gasteiger partial charge in [-0.25, -0.2) is 0 Å². The standard InChI is InChI=1S/C14H19N5/c1-2-5-11-6-3-4-7-13(11)19-14(16-17-18-19)10-15-12-8-9-12/h3-4,6-7,12,15H,2,5,8-10H2,1H3. The van der Waals surface area contributed by atoms with E-state index in [1.807, 2.05) is 10.7 Å². The van der Waals surface area contributed by atoms with E-state index < -0.39 is 0 Å². The Morgan fingerprint density at radius 3 is 2.95 bits per heavy atom. The third-order valence-corrected chi connectivity index (χ3v) is 3.40. The summed E-state index contributed by atoms with van der Waals surface area (Å²) in [5.74, 6) is 0.885. The highest BCUT2D eigenvalue weighted by molar-refractivity contribution is 5.40. The highest BCUT2D eigenvalue weighted by atomic mass is 15.5. The van der Waals surface area contributed by atoms with Gasteiger partial charge in [-0.3, -0.25) is 0 Å². The van der Waals surface area contributed by atoms with Crippen LogP contribution in [0.5, 0.6) is 0 Å². The lowest BCUT2D eigenvalue weighted by Gasteiger charge is -2.10. The van der Waals surface area contributed by atoms with Crippen LogP contribution in [0, 0.1) is 0 Å². The van der Waals surface area contributed by atoms with Crippen molar-refractivity contribution in [3.8, 4) is 5.69 Å². The molecular weight excluding hydrogens is 238 g/mol. The molecule has 1 aromatic heterocycles. The normalized spacial score (nSPS) is 14.8. The summed E-state index contributed by atoms with van der Waals surface area (Å²) in [7, 11) is 0. The molecule has 2 aromatic rings. The van der Waals surface area contributed by atoms with Crippen LogP contribution < -0.4 is 5.32 Å². The minimum absolute atomic E-state index is 0.663. The number of aromatic nitrogens is 4. The zero-order valence-electron chi connectivity index (χ0n) is 11.2. The Kier molecular flexibility index (Phi) is 3.55. The maximum Gasteiger partial charge on any atom is 0.170 e. The summed E-state index contributed by atoms with van der Waals surface area (Å²) in [6.07, 6.45) is 4.71. The summed E-state index contributed by atoms with van der Waals surface area (Å²) in [5, 5.41) is 15.6. The van der Waals surface area contributed by atoms with Gasteiger partial charge in [-0.1, -0.05) is 31.5 Å². The lowest BCUT2D eigenvalue weighted by Crippen LogP contribution is -2.19. The molecule has 1 N–H and O–H groups in total. The molecule has 0 amide bonds. The van der Waals surface area contributed by atoms with Crippen molar-refractivity contribution in [2.24, 2.45) is 0 Å². The Bertz CT molecular complexity index is 544. The Morgan fingerprint density at radius 1 is 1.32 bits per heavy atom. The van der Waals surface area contributed by atoms with Gasteiger partial charge in [0.2, 0.25) is 0 Å². The van der Waals surface area contributed by atoms with Gasteiger partial charge in [0.25, 0.3) is 0 Å². The molecule has 5 heteroatoms. The van der Waals surface area contributed by atoms with Crippen LogP contribution in [-0.4, -0.2) is 26.2 Å². The van der Waals surface area contributed by atoms with Gasteiger partial charge < -0.3 is 5.32 Å². The quantitative estimate of drug-likeness (QED) is 0.858. The van der Waals surface area contributed by atoms with Gasteiger partial charge >= 0.3 is 0 Å². The topological polar surface area (TPSA) is 55.6 Å². The van der Waals surface area contributed by atoms with Crippen molar-refractivity contribution in [2.75, 3.05) is 0 Å². The van der Waals surface area contributed by atoms with E-state index in [1.165, 1.54) is 18.4 Å². The van der Waals surface area contributed by atoms with Crippen LogP contribution in [0.2, 0.25) is 0 Å². The molecule has 1 aliphatic rings. The molecule has 19 heavy (non-hydrogen) atoms. The molecule has 0 unspecified atom stereocenters. The van der Waals surface area contributed by atoms with E-state index in [0.717, 1.165) is 30.9 Å². The number of rotatable bonds is 6. The van der Waals surface area contributed by atoms with Crippen molar-refractivity contribution in [3.63, 3.8) is 0 Å². The first-order chi connectivity index (χ1) is 9.38. The van der Waals surface area contributed by atoms with Crippen molar-refractivity contribution in [2.45, 2.75) is 45.2 Å². The van der Waals surface area contributed by atoms with Crippen LogP contribution in [0.3, 0.4) is 0 Å². The fourth-order valence-corrected chi connectivity index (χ4v) is 2.22. The van der Waals surface area contributed by atoms with E-state index in [-0.39, 0.29) is 0 Å². The Balaban J connectivity index is 1.86. The van der Waals surface area contributed by atoms with E-state index in [1.54, 1.807) is 0 Å². The first-order valence-electron chi connectivity index (χ1n) is 6.97. The third kappa shape index (κ3) is 2.81. The SMILES string of the molecule is CCCc1ccccc1-n1nnnc1CNC1CC1. The summed E-state index contributed by atoms with van der Waals surface area (Å²) in [5.41, 5.74) is 2.40. The molecular formula is C14H19N5. The fourth-order valence-electron chi connectivity index (χ4n) is 2.22. The predicted molar refractivity (Wildman–Crippen MR) is 73.0 cm³/mol. The minimum Gasteiger partial charge on any atom is -0.307 e. The highest BCUT2D eigenvalue weighted by Gasteiger charge is 2.21. The number of hydrogen-bond acceptors (Lipinski definition) is 4. The third-order valence-electron chi connectivity index (χ3n) is 3.40. The number of tetrazole rings is 1. The summed E-state index contributed by atoms with van der Waals surface area (Å²) in [6.45, 7) is 2.92. The molecule has 1 saturated carbocycles. The predicted octanol–water partition coefficient (Wildman–Crippen LogP) is 1.87. The molecule has 5 nitrogen and oxygen atoms in total. The van der Waals surface area contributed by atoms with Crippen LogP contribution in [0.1, 0.15) is 37.6 Å². The van der Waals surface area contributed by atoms with Gasteiger partial charge in [0.1, 0.15) is 0 Å². The van der Waals surface area contributed by atoms with Gasteiger partial charge in [0.15, 0.2) is 5.82 Å². The second-order valence-electron chi connectivity index (χ2n) is 5.04. The zero-order chi connectivity index (χ0) is 13.1. The van der Waals surface area contributed by atoms with Crippen molar-refractivity contribution in [3.05, 3.63) is 35.7 Å². The van der Waals surface area contributed by atoms with Crippen LogP contribution in [0.25, 0.3) is 5.69 Å². The van der Waals surface area contributed by atoms with Crippen LogP contribution in [0.15, 0.2) is 24.3 Å². The summed E-state index contributed by atoms with van der Waals surface area (Å²) < 4.78 is 1.86. The summed E-state index contributed by atoms with van der Waals surface area (Å²) in [6, 6.07) is 9.01. The van der Waals surface area contributed by atoms with Gasteiger partial charge in [-0.15, -0.1) is 5.10 Å². The van der Waals surface area contributed by atoms with E-state index in [4.69, 9.17) is 0 Å². The monoisotopic (exact) mass is 257 g/mol. The van der Waals surface area contributed by atoms with Crippen molar-refractivity contribution < 1.29 is 0 Å². The van der Waals surface area contributed by atoms with Gasteiger partial charge in [-0.05, 0) is 41.3 Å². The molecule has 1 aliphatic carbocycles. The number of nitrogens with zero attached hydrogens (tertiary/aromatic N) is 4. The second-order valence-corrected chi connectivity index (χ2v) is 5.04. The van der Waals surface area contributed by atoms with Crippen molar-refractivity contribution in [1.82, 2.24) is 25.5 Å². The van der Waals surface area contributed by atoms with Crippen LogP contribution in [-0.2, 0) is 13.0 Å². The molecule has 0 bridgehead atoms. The smallest absolute Gasteiger partial charge is 0.170 e. The highest BCUT2D eigenvalue weighted by Crippen LogP contribution is 2.20. The Labute approximate surface area is 113 Å². The number of hydrogen-bond donors (Lipinski definition) is 1. The van der Waals surface area contributed by atoms with E-state index in [0.29, 0.717) is 6.04 Å². The number of para-hydroxylation sites is 1. The van der Waals surface area contributed by atoms with Gasteiger partial charge in [0.05, 0.1) is 12.2 Å². The average molecular weight is 257 g/mol. The first-order valence-corrected chi connectivity index (χ1v) is 6.97. The first kappa shape index (κ1) is 12.3. The lowest BCUT2D eigenvalue weighted by molar-refractivity contribution is 0.636. The molecule has 100 valence electrons. The Hall–Kier alpha value is -1.75. The molecule has 3 rings (SSSR count). The largest absolute Gasteiger partial charge is 0.307 e. The van der Waals surface area contributed by atoms with Crippen LogP contribution >= 0.6 is 0 Å². The molecule has 0 saturated heterocycles. The number of benzene rings is 1. The summed E-state index contributed by atoms with van der Waals surface area (Å²) >= 11 is 0. The maximum atomic E-state index is 4.14. The number of aryl methyl sites for hydroxylation is 1. The second kappa shape index (κ2) is 5.48. The minimum atomic E-state index is 0.663. The molecule has 0 radical (unpaired) electrons. The number of nitrogens with one attached hydrogen (secondary N) is 1. The lowest BCUT2D eigenvalue weighted by atomic mass is 10.1. The zero-order valence-corrected chi connectivity index (χ0v) is 11.2. The molecule has 1 aromatic carbocycles. The van der Waals surface area contributed by atoms with E-state index in [2.05, 4.69) is 46.0 Å². The molecule has 1 heterocycles. The van der Waals surface area contributed by atoms with Crippen molar-refractivity contribution >= 4 is 0 Å². The van der Waals surface area contributed by atoms with Crippen molar-refractivity contribution in [1.29, 1.82) is 0 Å².